The van der Waals surface area contributed by atoms with Crippen LogP contribution in [0.2, 0.25) is 0 Å². The summed E-state index contributed by atoms with van der Waals surface area (Å²) >= 11 is 1.67. The molecule has 0 saturated heterocycles. The average molecular weight is 319 g/mol. The molecule has 2 bridgehead atoms. The van der Waals surface area contributed by atoms with E-state index in [2.05, 4.69) is 5.32 Å². The van der Waals surface area contributed by atoms with Crippen molar-refractivity contribution in [1.29, 1.82) is 0 Å². The van der Waals surface area contributed by atoms with Gasteiger partial charge in [-0.25, -0.2) is 4.79 Å². The first kappa shape index (κ1) is 15.3. The number of nitrogens with one attached hydrogen (secondary N) is 1. The fraction of sp³-hybridized carbons (Fsp3) is 0.471. The molecule has 118 valence electrons. The summed E-state index contributed by atoms with van der Waals surface area (Å²) in [6.07, 6.45) is 2.73. The predicted molar refractivity (Wildman–Crippen MR) is 88.0 cm³/mol. The van der Waals surface area contributed by atoms with E-state index in [0.29, 0.717) is 6.61 Å². The molecular formula is C17H21NO3S. The van der Waals surface area contributed by atoms with Crippen LogP contribution in [0.15, 0.2) is 35.5 Å². The van der Waals surface area contributed by atoms with Crippen molar-refractivity contribution in [3.63, 3.8) is 0 Å². The van der Waals surface area contributed by atoms with Gasteiger partial charge in [-0.3, -0.25) is 0 Å². The SMILES string of the molecule is CSCCOC(=O)C1=C(C)N[C@]2(C)C[C@H]1c1ccccc1O2. The summed E-state index contributed by atoms with van der Waals surface area (Å²) in [6.45, 7) is 4.39. The molecule has 0 aromatic heterocycles. The Morgan fingerprint density at radius 2 is 2.27 bits per heavy atom. The lowest BCUT2D eigenvalue weighted by Crippen LogP contribution is -2.54. The molecular weight excluding hydrogens is 298 g/mol. The third-order valence-electron chi connectivity index (χ3n) is 4.17. The maximum absolute atomic E-state index is 12.5. The molecule has 0 radical (unpaired) electrons. The molecule has 1 aromatic rings. The minimum absolute atomic E-state index is 0.0259. The van der Waals surface area contributed by atoms with E-state index >= 15 is 0 Å². The lowest BCUT2D eigenvalue weighted by molar-refractivity contribution is -0.139. The predicted octanol–water partition coefficient (Wildman–Crippen LogP) is 3.05. The molecule has 0 fully saturated rings. The summed E-state index contributed by atoms with van der Waals surface area (Å²) in [5.41, 5.74) is 2.18. The first-order valence-corrected chi connectivity index (χ1v) is 8.86. The van der Waals surface area contributed by atoms with Gasteiger partial charge in [-0.05, 0) is 26.2 Å². The largest absolute Gasteiger partial charge is 0.468 e. The average Bonchev–Trinajstić information content (AvgIpc) is 2.46. The maximum atomic E-state index is 12.5. The number of benzene rings is 1. The summed E-state index contributed by atoms with van der Waals surface area (Å²) in [7, 11) is 0. The van der Waals surface area contributed by atoms with Crippen molar-refractivity contribution >= 4 is 17.7 Å². The fourth-order valence-electron chi connectivity index (χ4n) is 3.30. The van der Waals surface area contributed by atoms with Crippen LogP contribution in [-0.2, 0) is 9.53 Å². The van der Waals surface area contributed by atoms with Gasteiger partial charge in [0.2, 0.25) is 0 Å². The standard InChI is InChI=1S/C17H21NO3S/c1-11-15(16(19)20-8-9-22-3)13-10-17(2,18-11)21-14-7-5-4-6-12(13)14/h4-7,13,18H,8-10H2,1-3H3/t13-,17-/m0/s1. The highest BCUT2D eigenvalue weighted by atomic mass is 32.2. The smallest absolute Gasteiger partial charge is 0.336 e. The number of hydrogen-bond acceptors (Lipinski definition) is 5. The zero-order chi connectivity index (χ0) is 15.7. The van der Waals surface area contributed by atoms with Gasteiger partial charge in [0.15, 0.2) is 5.72 Å². The number of rotatable bonds is 4. The Morgan fingerprint density at radius 3 is 3.05 bits per heavy atom. The number of carbonyl (C=O) groups is 1. The quantitative estimate of drug-likeness (QED) is 0.683. The normalized spacial score (nSPS) is 25.9. The molecule has 22 heavy (non-hydrogen) atoms. The van der Waals surface area contributed by atoms with Crippen LogP contribution < -0.4 is 10.1 Å². The highest BCUT2D eigenvalue weighted by Crippen LogP contribution is 2.47. The van der Waals surface area contributed by atoms with Crippen molar-refractivity contribution in [3.05, 3.63) is 41.1 Å². The van der Waals surface area contributed by atoms with E-state index in [1.165, 1.54) is 0 Å². The van der Waals surface area contributed by atoms with Gasteiger partial charge in [0, 0.05) is 29.4 Å². The Balaban J connectivity index is 1.94. The molecule has 2 aliphatic heterocycles. The van der Waals surface area contributed by atoms with E-state index < -0.39 is 5.72 Å². The van der Waals surface area contributed by atoms with E-state index in [9.17, 15) is 4.79 Å². The fourth-order valence-corrected chi connectivity index (χ4v) is 3.55. The van der Waals surface area contributed by atoms with Crippen LogP contribution in [0.1, 0.15) is 31.7 Å². The number of para-hydroxylation sites is 1. The number of allylic oxidation sites excluding steroid dienone is 1. The van der Waals surface area contributed by atoms with Crippen molar-refractivity contribution in [2.45, 2.75) is 31.9 Å². The molecule has 3 rings (SSSR count). The third kappa shape index (κ3) is 2.70. The Bertz CT molecular complexity index is 628. The number of thioether (sulfide) groups is 1. The lowest BCUT2D eigenvalue weighted by Gasteiger charge is -2.45. The van der Waals surface area contributed by atoms with Gasteiger partial charge in [-0.15, -0.1) is 0 Å². The molecule has 5 heteroatoms. The summed E-state index contributed by atoms with van der Waals surface area (Å²) in [6, 6.07) is 7.93. The van der Waals surface area contributed by atoms with E-state index in [1.54, 1.807) is 11.8 Å². The molecule has 2 atom stereocenters. The van der Waals surface area contributed by atoms with Crippen molar-refractivity contribution < 1.29 is 14.3 Å². The second-order valence-electron chi connectivity index (χ2n) is 5.92. The Hall–Kier alpha value is -1.62. The van der Waals surface area contributed by atoms with Gasteiger partial charge in [0.05, 0.1) is 5.57 Å². The van der Waals surface area contributed by atoms with Crippen LogP contribution in [0.5, 0.6) is 5.75 Å². The van der Waals surface area contributed by atoms with Crippen molar-refractivity contribution in [2.75, 3.05) is 18.6 Å². The molecule has 0 aliphatic carbocycles. The van der Waals surface area contributed by atoms with Crippen LogP contribution >= 0.6 is 11.8 Å². The number of esters is 1. The van der Waals surface area contributed by atoms with Crippen molar-refractivity contribution in [1.82, 2.24) is 5.32 Å². The first-order valence-electron chi connectivity index (χ1n) is 7.47. The highest BCUT2D eigenvalue weighted by molar-refractivity contribution is 7.98. The number of carbonyl (C=O) groups excluding carboxylic acids is 1. The molecule has 0 saturated carbocycles. The summed E-state index contributed by atoms with van der Waals surface area (Å²) < 4.78 is 11.5. The van der Waals surface area contributed by atoms with E-state index in [0.717, 1.165) is 34.8 Å². The molecule has 2 heterocycles. The van der Waals surface area contributed by atoms with Gasteiger partial charge < -0.3 is 14.8 Å². The van der Waals surface area contributed by atoms with Crippen molar-refractivity contribution in [2.24, 2.45) is 0 Å². The second-order valence-corrected chi connectivity index (χ2v) is 6.91. The summed E-state index contributed by atoms with van der Waals surface area (Å²) in [5.74, 6) is 1.46. The lowest BCUT2D eigenvalue weighted by atomic mass is 9.78. The topological polar surface area (TPSA) is 47.6 Å². The molecule has 0 amide bonds. The Labute approximate surface area is 135 Å². The van der Waals surface area contributed by atoms with Gasteiger partial charge >= 0.3 is 5.97 Å². The molecule has 0 unspecified atom stereocenters. The number of fused-ring (bicyclic) bond motifs is 4. The molecule has 1 aromatic carbocycles. The van der Waals surface area contributed by atoms with Gasteiger partial charge in [-0.1, -0.05) is 18.2 Å². The number of ether oxygens (including phenoxy) is 2. The maximum Gasteiger partial charge on any atom is 0.336 e. The van der Waals surface area contributed by atoms with Crippen LogP contribution in [0.4, 0.5) is 0 Å². The van der Waals surface area contributed by atoms with Crippen LogP contribution in [-0.4, -0.2) is 30.3 Å². The highest BCUT2D eigenvalue weighted by Gasteiger charge is 2.45. The van der Waals surface area contributed by atoms with Gasteiger partial charge in [-0.2, -0.15) is 11.8 Å². The van der Waals surface area contributed by atoms with Crippen LogP contribution in [0.25, 0.3) is 0 Å². The first-order chi connectivity index (χ1) is 10.5. The molecule has 2 aliphatic rings. The van der Waals surface area contributed by atoms with E-state index in [-0.39, 0.29) is 11.9 Å². The Kier molecular flexibility index (Phi) is 4.08. The number of hydrogen-bond donors (Lipinski definition) is 1. The minimum Gasteiger partial charge on any atom is -0.468 e. The zero-order valence-electron chi connectivity index (χ0n) is 13.1. The Morgan fingerprint density at radius 1 is 1.50 bits per heavy atom. The summed E-state index contributed by atoms with van der Waals surface area (Å²) in [5, 5.41) is 3.34. The van der Waals surface area contributed by atoms with E-state index in [1.807, 2.05) is 44.4 Å². The monoisotopic (exact) mass is 319 g/mol. The minimum atomic E-state index is -0.466. The second kappa shape index (κ2) is 5.88. The molecule has 4 nitrogen and oxygen atoms in total. The summed E-state index contributed by atoms with van der Waals surface area (Å²) in [4.78, 5) is 12.5. The molecule has 1 N–H and O–H groups in total. The van der Waals surface area contributed by atoms with Gasteiger partial charge in [0.25, 0.3) is 0 Å². The van der Waals surface area contributed by atoms with Crippen LogP contribution in [0.3, 0.4) is 0 Å². The third-order valence-corrected chi connectivity index (χ3v) is 4.74. The van der Waals surface area contributed by atoms with E-state index in [4.69, 9.17) is 9.47 Å². The molecule has 0 spiro atoms. The van der Waals surface area contributed by atoms with Crippen molar-refractivity contribution in [3.8, 4) is 5.75 Å². The zero-order valence-corrected chi connectivity index (χ0v) is 14.0. The van der Waals surface area contributed by atoms with Crippen LogP contribution in [0, 0.1) is 0 Å². The van der Waals surface area contributed by atoms with Gasteiger partial charge in [0.1, 0.15) is 12.4 Å².